The van der Waals surface area contributed by atoms with Crippen LogP contribution in [0.15, 0.2) is 0 Å². The number of methoxy groups -OCH3 is 1. The third-order valence-corrected chi connectivity index (χ3v) is 4.51. The summed E-state index contributed by atoms with van der Waals surface area (Å²) in [7, 11) is 1.32. The van der Waals surface area contributed by atoms with E-state index in [2.05, 4.69) is 5.32 Å². The molecule has 0 fully saturated rings. The van der Waals surface area contributed by atoms with E-state index in [9.17, 15) is 14.4 Å². The third kappa shape index (κ3) is 4.90. The Morgan fingerprint density at radius 3 is 2.15 bits per heavy atom. The summed E-state index contributed by atoms with van der Waals surface area (Å²) in [4.78, 5) is 39.4. The van der Waals surface area contributed by atoms with Crippen molar-refractivity contribution in [3.05, 3.63) is 22.5 Å². The number of hydrogen-bond acceptors (Lipinski definition) is 4. The Morgan fingerprint density at radius 2 is 1.74 bits per heavy atom. The summed E-state index contributed by atoms with van der Waals surface area (Å²) in [5.41, 5.74) is 1.62. The maximum atomic E-state index is 13.1. The fraction of sp³-hybridized carbons (Fsp3) is 0.650. The van der Waals surface area contributed by atoms with E-state index in [1.54, 1.807) is 11.5 Å². The first kappa shape index (κ1) is 22.7. The van der Waals surface area contributed by atoms with Crippen molar-refractivity contribution < 1.29 is 19.1 Å². The van der Waals surface area contributed by atoms with Crippen LogP contribution >= 0.6 is 0 Å². The van der Waals surface area contributed by atoms with Crippen LogP contribution in [0, 0.1) is 13.8 Å². The molecular weight excluding hydrogens is 346 g/mol. The number of ketones is 1. The number of hydrogen-bond donors (Lipinski definition) is 1. The molecule has 0 saturated heterocycles. The second kappa shape index (κ2) is 8.59. The molecule has 0 unspecified atom stereocenters. The SMILES string of the molecule is CCn1c(C)c(C(=O)CN(C(=O)NC(C)C)C(C)(C)C)c(C)c1C(=O)OC. The quantitative estimate of drug-likeness (QED) is 0.607. The van der Waals surface area contributed by atoms with Gasteiger partial charge in [-0.25, -0.2) is 9.59 Å². The maximum Gasteiger partial charge on any atom is 0.354 e. The number of ether oxygens (including phenoxy) is 1. The second-order valence-electron chi connectivity index (χ2n) is 7.95. The normalized spacial score (nSPS) is 11.5. The van der Waals surface area contributed by atoms with E-state index in [0.717, 1.165) is 0 Å². The molecule has 0 bridgehead atoms. The summed E-state index contributed by atoms with van der Waals surface area (Å²) in [6.45, 7) is 15.3. The first-order chi connectivity index (χ1) is 12.4. The van der Waals surface area contributed by atoms with Gasteiger partial charge in [0, 0.05) is 29.4 Å². The van der Waals surface area contributed by atoms with Crippen LogP contribution in [0.3, 0.4) is 0 Å². The molecule has 0 aliphatic carbocycles. The predicted molar refractivity (Wildman–Crippen MR) is 105 cm³/mol. The van der Waals surface area contributed by atoms with Gasteiger partial charge in [-0.1, -0.05) is 0 Å². The smallest absolute Gasteiger partial charge is 0.354 e. The van der Waals surface area contributed by atoms with Crippen molar-refractivity contribution in [3.8, 4) is 0 Å². The summed E-state index contributed by atoms with van der Waals surface area (Å²) < 4.78 is 6.66. The number of aromatic nitrogens is 1. The molecule has 7 heteroatoms. The lowest BCUT2D eigenvalue weighted by Gasteiger charge is -2.35. The summed E-state index contributed by atoms with van der Waals surface area (Å²) in [5, 5.41) is 2.85. The van der Waals surface area contributed by atoms with Gasteiger partial charge in [-0.15, -0.1) is 0 Å². The van der Waals surface area contributed by atoms with Crippen LogP contribution in [0.2, 0.25) is 0 Å². The molecule has 1 heterocycles. The highest BCUT2D eigenvalue weighted by molar-refractivity contribution is 6.04. The van der Waals surface area contributed by atoms with Crippen LogP contribution in [0.5, 0.6) is 0 Å². The number of urea groups is 1. The number of Topliss-reactive ketones (excluding diaryl/α,β-unsaturated/α-hetero) is 1. The van der Waals surface area contributed by atoms with E-state index < -0.39 is 11.5 Å². The first-order valence-electron chi connectivity index (χ1n) is 9.26. The molecule has 152 valence electrons. The van der Waals surface area contributed by atoms with E-state index >= 15 is 0 Å². The van der Waals surface area contributed by atoms with Gasteiger partial charge in [0.15, 0.2) is 5.78 Å². The van der Waals surface area contributed by atoms with Gasteiger partial charge in [-0.3, -0.25) is 4.79 Å². The highest BCUT2D eigenvalue weighted by atomic mass is 16.5. The topological polar surface area (TPSA) is 80.6 Å². The molecular formula is C20H33N3O4. The van der Waals surface area contributed by atoms with Crippen molar-refractivity contribution in [2.75, 3.05) is 13.7 Å². The molecule has 7 nitrogen and oxygen atoms in total. The molecule has 0 atom stereocenters. The van der Waals surface area contributed by atoms with E-state index in [1.165, 1.54) is 12.0 Å². The summed E-state index contributed by atoms with van der Waals surface area (Å²) in [6.07, 6.45) is 0. The second-order valence-corrected chi connectivity index (χ2v) is 7.95. The lowest BCUT2D eigenvalue weighted by Crippen LogP contribution is -2.53. The molecule has 1 rings (SSSR count). The Balaban J connectivity index is 3.34. The van der Waals surface area contributed by atoms with E-state index in [4.69, 9.17) is 4.74 Å². The van der Waals surface area contributed by atoms with Crippen LogP contribution in [0.1, 0.15) is 73.6 Å². The number of esters is 1. The minimum atomic E-state index is -0.533. The summed E-state index contributed by atoms with van der Waals surface area (Å²) in [6, 6.07) is -0.322. The Kier molecular flexibility index (Phi) is 7.23. The van der Waals surface area contributed by atoms with Gasteiger partial charge in [0.25, 0.3) is 0 Å². The lowest BCUT2D eigenvalue weighted by molar-refractivity contribution is 0.0587. The first-order valence-corrected chi connectivity index (χ1v) is 9.26. The van der Waals surface area contributed by atoms with Crippen molar-refractivity contribution in [1.29, 1.82) is 0 Å². The Hall–Kier alpha value is -2.31. The maximum absolute atomic E-state index is 13.1. The van der Waals surface area contributed by atoms with Crippen LogP contribution in [-0.4, -0.2) is 52.5 Å². The van der Waals surface area contributed by atoms with Gasteiger partial charge < -0.3 is 19.5 Å². The molecule has 1 aromatic heterocycles. The molecule has 1 N–H and O–H groups in total. The van der Waals surface area contributed by atoms with Gasteiger partial charge >= 0.3 is 12.0 Å². The number of amides is 2. The van der Waals surface area contributed by atoms with E-state index in [0.29, 0.717) is 29.1 Å². The zero-order valence-electron chi connectivity index (χ0n) is 18.0. The van der Waals surface area contributed by atoms with Crippen molar-refractivity contribution in [2.24, 2.45) is 0 Å². The number of carbonyl (C=O) groups excluding carboxylic acids is 3. The number of nitrogens with one attached hydrogen (secondary N) is 1. The van der Waals surface area contributed by atoms with Crippen LogP contribution in [0.25, 0.3) is 0 Å². The van der Waals surface area contributed by atoms with Crippen LogP contribution < -0.4 is 5.32 Å². The fourth-order valence-corrected chi connectivity index (χ4v) is 3.22. The van der Waals surface area contributed by atoms with Crippen molar-refractivity contribution in [1.82, 2.24) is 14.8 Å². The zero-order chi connectivity index (χ0) is 21.1. The summed E-state index contributed by atoms with van der Waals surface area (Å²) >= 11 is 0. The standard InChI is InChI=1S/C20H33N3O4/c1-10-22-14(5)16(13(4)17(22)18(25)27-9)15(24)11-23(20(6,7)8)19(26)21-12(2)3/h12H,10-11H2,1-9H3,(H,21,26). The van der Waals surface area contributed by atoms with Crippen molar-refractivity contribution in [2.45, 2.75) is 73.5 Å². The van der Waals surface area contributed by atoms with Crippen LogP contribution in [-0.2, 0) is 11.3 Å². The highest BCUT2D eigenvalue weighted by Gasteiger charge is 2.32. The van der Waals surface area contributed by atoms with E-state index in [1.807, 2.05) is 48.5 Å². The molecule has 0 spiro atoms. The van der Waals surface area contributed by atoms with Gasteiger partial charge in [-0.05, 0) is 61.0 Å². The third-order valence-electron chi connectivity index (χ3n) is 4.51. The van der Waals surface area contributed by atoms with Crippen molar-refractivity contribution >= 4 is 17.8 Å². The van der Waals surface area contributed by atoms with E-state index in [-0.39, 0.29) is 24.4 Å². The van der Waals surface area contributed by atoms with Gasteiger partial charge in [0.1, 0.15) is 5.69 Å². The average molecular weight is 380 g/mol. The number of rotatable bonds is 6. The highest BCUT2D eigenvalue weighted by Crippen LogP contribution is 2.25. The van der Waals surface area contributed by atoms with Gasteiger partial charge in [0.05, 0.1) is 13.7 Å². The fourth-order valence-electron chi connectivity index (χ4n) is 3.22. The van der Waals surface area contributed by atoms with Gasteiger partial charge in [-0.2, -0.15) is 0 Å². The predicted octanol–water partition coefficient (Wildman–Crippen LogP) is 3.31. The molecule has 1 aromatic rings. The Morgan fingerprint density at radius 1 is 1.19 bits per heavy atom. The minimum absolute atomic E-state index is 0.0342. The van der Waals surface area contributed by atoms with Crippen molar-refractivity contribution in [3.63, 3.8) is 0 Å². The molecule has 2 amide bonds. The monoisotopic (exact) mass is 379 g/mol. The molecule has 0 radical (unpaired) electrons. The molecule has 0 aliphatic heterocycles. The molecule has 0 saturated carbocycles. The molecule has 27 heavy (non-hydrogen) atoms. The van der Waals surface area contributed by atoms with Gasteiger partial charge in [0.2, 0.25) is 0 Å². The summed E-state index contributed by atoms with van der Waals surface area (Å²) in [5.74, 6) is -0.669. The average Bonchev–Trinajstić information content (AvgIpc) is 2.79. The number of carbonyl (C=O) groups is 3. The Bertz CT molecular complexity index is 727. The van der Waals surface area contributed by atoms with Crippen LogP contribution in [0.4, 0.5) is 4.79 Å². The minimum Gasteiger partial charge on any atom is -0.464 e. The largest absolute Gasteiger partial charge is 0.464 e. The molecule has 0 aliphatic rings. The number of nitrogens with zero attached hydrogens (tertiary/aromatic N) is 2. The zero-order valence-corrected chi connectivity index (χ0v) is 18.0. The Labute approximate surface area is 162 Å². The lowest BCUT2D eigenvalue weighted by atomic mass is 10.0. The molecule has 0 aromatic carbocycles.